The van der Waals surface area contributed by atoms with Gasteiger partial charge in [0.1, 0.15) is 17.1 Å². The van der Waals surface area contributed by atoms with E-state index in [4.69, 9.17) is 19.4 Å². The molecule has 1 aromatic rings. The first-order chi connectivity index (χ1) is 17.6. The number of methoxy groups -OCH3 is 2. The Labute approximate surface area is 215 Å². The predicted octanol–water partition coefficient (Wildman–Crippen LogP) is 2.52. The van der Waals surface area contributed by atoms with Gasteiger partial charge in [0.15, 0.2) is 17.3 Å². The highest BCUT2D eigenvalue weighted by molar-refractivity contribution is 7.86. The number of hydrogen-bond donors (Lipinski definition) is 2. The predicted molar refractivity (Wildman–Crippen MR) is 134 cm³/mol. The minimum absolute atomic E-state index is 0.00983. The lowest BCUT2D eigenvalue weighted by Gasteiger charge is -2.29. The highest BCUT2D eigenvalue weighted by Gasteiger charge is 2.39. The molecule has 1 aromatic carbocycles. The van der Waals surface area contributed by atoms with Crippen molar-refractivity contribution in [2.75, 3.05) is 14.2 Å². The number of aryl methyl sites for hydroxylation is 1. The van der Waals surface area contributed by atoms with Crippen molar-refractivity contribution in [2.45, 2.75) is 43.3 Å². The maximum atomic E-state index is 13.1. The average Bonchev–Trinajstić information content (AvgIpc) is 3.07. The van der Waals surface area contributed by atoms with E-state index < -0.39 is 34.0 Å². The van der Waals surface area contributed by atoms with Gasteiger partial charge in [0.25, 0.3) is 0 Å². The van der Waals surface area contributed by atoms with E-state index in [0.29, 0.717) is 35.1 Å². The average molecular weight is 528 g/mol. The summed E-state index contributed by atoms with van der Waals surface area (Å²) in [6.45, 7) is 1.85. The third-order valence-corrected chi connectivity index (χ3v) is 7.90. The van der Waals surface area contributed by atoms with E-state index in [-0.39, 0.29) is 28.8 Å². The fraction of sp³-hybridized carbons (Fsp3) is 0.333. The molecule has 196 valence electrons. The van der Waals surface area contributed by atoms with E-state index in [9.17, 15) is 23.1 Å². The lowest BCUT2D eigenvalue weighted by molar-refractivity contribution is -0.120. The smallest absolute Gasteiger partial charge is 0.339 e. The fourth-order valence-corrected chi connectivity index (χ4v) is 5.80. The fourth-order valence-electron chi connectivity index (χ4n) is 4.87. The molecule has 3 aliphatic carbocycles. The van der Waals surface area contributed by atoms with Crippen LogP contribution < -0.4 is 5.73 Å². The summed E-state index contributed by atoms with van der Waals surface area (Å²) in [6.07, 6.45) is 4.54. The monoisotopic (exact) mass is 527 g/mol. The number of aliphatic hydroxyl groups excluding tert-OH is 1. The highest BCUT2D eigenvalue weighted by Crippen LogP contribution is 2.45. The third-order valence-electron chi connectivity index (χ3n) is 6.65. The number of carbonyl (C=O) groups is 2. The highest BCUT2D eigenvalue weighted by atomic mass is 32.2. The van der Waals surface area contributed by atoms with E-state index in [1.807, 2.05) is 6.92 Å². The largest absolute Gasteiger partial charge is 0.494 e. The number of ether oxygens (including phenoxy) is 2. The van der Waals surface area contributed by atoms with Gasteiger partial charge in [-0.15, -0.1) is 0 Å². The molecular formula is C27H29NO8S. The normalized spacial score (nSPS) is 23.9. The number of ketones is 1. The summed E-state index contributed by atoms with van der Waals surface area (Å²) >= 11 is 0. The maximum Gasteiger partial charge on any atom is 0.339 e. The van der Waals surface area contributed by atoms with Crippen molar-refractivity contribution in [3.8, 4) is 0 Å². The van der Waals surface area contributed by atoms with Crippen LogP contribution in [0.3, 0.4) is 0 Å². The van der Waals surface area contributed by atoms with Crippen LogP contribution >= 0.6 is 0 Å². The van der Waals surface area contributed by atoms with Crippen molar-refractivity contribution in [1.82, 2.24) is 0 Å². The second-order valence-electron chi connectivity index (χ2n) is 9.10. The zero-order valence-corrected chi connectivity index (χ0v) is 21.6. The molecule has 1 amide bonds. The number of primary amides is 1. The second-order valence-corrected chi connectivity index (χ2v) is 10.7. The summed E-state index contributed by atoms with van der Waals surface area (Å²) < 4.78 is 43.1. The topological polar surface area (TPSA) is 142 Å². The molecule has 3 unspecified atom stereocenters. The van der Waals surface area contributed by atoms with E-state index in [2.05, 4.69) is 0 Å². The number of carbonyl (C=O) groups excluding carboxylic acids is 2. The minimum Gasteiger partial charge on any atom is -0.494 e. The molecule has 0 heterocycles. The van der Waals surface area contributed by atoms with Gasteiger partial charge in [0, 0.05) is 13.5 Å². The molecule has 0 saturated carbocycles. The molecular weight excluding hydrogens is 498 g/mol. The standard InChI is InChI=1S/C27H29NO8S/c1-15-4-8-18(9-5-15)37(32,33)36-23-12-17-7-6-16(13-24(28)31)20-14-22(30)21(29)11-10-19(20)25(17)27(35-3)26(23)34-2/h4-5,8-12,14,16,22,27,30H,6-7,13H2,1-3H3,(H2,28,31). The Morgan fingerprint density at radius 2 is 1.86 bits per heavy atom. The zero-order chi connectivity index (χ0) is 26.9. The molecule has 37 heavy (non-hydrogen) atoms. The van der Waals surface area contributed by atoms with Crippen LogP contribution in [0.2, 0.25) is 0 Å². The molecule has 3 N–H and O–H groups in total. The van der Waals surface area contributed by atoms with Crippen LogP contribution in [-0.2, 0) is 33.4 Å². The molecule has 3 aliphatic rings. The minimum atomic E-state index is -4.19. The molecule has 0 radical (unpaired) electrons. The van der Waals surface area contributed by atoms with Crippen LogP contribution in [0.5, 0.6) is 0 Å². The van der Waals surface area contributed by atoms with E-state index in [1.165, 1.54) is 38.5 Å². The second kappa shape index (κ2) is 10.5. The van der Waals surface area contributed by atoms with E-state index >= 15 is 0 Å². The van der Waals surface area contributed by atoms with Crippen molar-refractivity contribution < 1.29 is 36.8 Å². The summed E-state index contributed by atoms with van der Waals surface area (Å²) in [5.41, 5.74) is 8.93. The number of allylic oxidation sites excluding steroid dienone is 4. The summed E-state index contributed by atoms with van der Waals surface area (Å²) in [4.78, 5) is 24.2. The van der Waals surface area contributed by atoms with Crippen LogP contribution in [0.4, 0.5) is 0 Å². The third kappa shape index (κ3) is 5.31. The van der Waals surface area contributed by atoms with Crippen molar-refractivity contribution in [3.05, 3.63) is 87.9 Å². The molecule has 0 fully saturated rings. The van der Waals surface area contributed by atoms with Crippen molar-refractivity contribution in [3.63, 3.8) is 0 Å². The van der Waals surface area contributed by atoms with E-state index in [1.54, 1.807) is 24.3 Å². The molecule has 10 heteroatoms. The van der Waals surface area contributed by atoms with Gasteiger partial charge >= 0.3 is 10.1 Å². The summed E-state index contributed by atoms with van der Waals surface area (Å²) in [7, 11) is -1.36. The van der Waals surface area contributed by atoms with Gasteiger partial charge in [-0.05, 0) is 78.3 Å². The Hall–Kier alpha value is -3.47. The molecule has 4 rings (SSSR count). The molecule has 0 spiro atoms. The number of amides is 1. The lowest BCUT2D eigenvalue weighted by atomic mass is 9.84. The molecule has 3 atom stereocenters. The van der Waals surface area contributed by atoms with Gasteiger partial charge in [0.05, 0.1) is 7.11 Å². The Morgan fingerprint density at radius 3 is 2.49 bits per heavy atom. The first kappa shape index (κ1) is 26.6. The van der Waals surface area contributed by atoms with Gasteiger partial charge in [-0.25, -0.2) is 0 Å². The number of fused-ring (bicyclic) bond motifs is 2. The van der Waals surface area contributed by atoms with Crippen molar-refractivity contribution >= 4 is 21.8 Å². The Balaban J connectivity index is 1.87. The molecule has 0 saturated heterocycles. The summed E-state index contributed by atoms with van der Waals surface area (Å²) in [5.74, 6) is -1.29. The number of hydrogen-bond acceptors (Lipinski definition) is 8. The molecule has 0 aromatic heterocycles. The van der Waals surface area contributed by atoms with Crippen LogP contribution in [0.25, 0.3) is 0 Å². The number of nitrogens with two attached hydrogens (primary N) is 1. The Kier molecular flexibility index (Phi) is 7.54. The van der Waals surface area contributed by atoms with Gasteiger partial charge in [-0.1, -0.05) is 23.8 Å². The van der Waals surface area contributed by atoms with Gasteiger partial charge in [-0.2, -0.15) is 8.42 Å². The van der Waals surface area contributed by atoms with Crippen LogP contribution in [0, 0.1) is 12.8 Å². The maximum absolute atomic E-state index is 13.1. The summed E-state index contributed by atoms with van der Waals surface area (Å²) in [6, 6.07) is 6.27. The summed E-state index contributed by atoms with van der Waals surface area (Å²) in [5, 5.41) is 10.4. The van der Waals surface area contributed by atoms with E-state index in [0.717, 1.165) is 5.56 Å². The first-order valence-electron chi connectivity index (χ1n) is 11.7. The zero-order valence-electron chi connectivity index (χ0n) is 20.8. The number of benzene rings is 1. The molecule has 0 bridgehead atoms. The quantitative estimate of drug-likeness (QED) is 0.515. The first-order valence-corrected chi connectivity index (χ1v) is 13.1. The lowest BCUT2D eigenvalue weighted by Crippen LogP contribution is -2.27. The van der Waals surface area contributed by atoms with Gasteiger partial charge < -0.3 is 24.5 Å². The van der Waals surface area contributed by atoms with Gasteiger partial charge in [0.2, 0.25) is 5.91 Å². The Morgan fingerprint density at radius 1 is 1.16 bits per heavy atom. The van der Waals surface area contributed by atoms with Crippen molar-refractivity contribution in [2.24, 2.45) is 11.7 Å². The van der Waals surface area contributed by atoms with Crippen LogP contribution in [0.1, 0.15) is 24.8 Å². The molecule has 9 nitrogen and oxygen atoms in total. The van der Waals surface area contributed by atoms with Crippen molar-refractivity contribution in [1.29, 1.82) is 0 Å². The van der Waals surface area contributed by atoms with Crippen LogP contribution in [-0.4, -0.2) is 51.6 Å². The number of aliphatic hydroxyl groups is 1. The molecule has 0 aliphatic heterocycles. The van der Waals surface area contributed by atoms with Crippen LogP contribution in [0.15, 0.2) is 87.3 Å². The Bertz CT molecular complexity index is 1380. The van der Waals surface area contributed by atoms with Gasteiger partial charge in [-0.3, -0.25) is 9.59 Å². The number of rotatable bonds is 7. The SMILES string of the molecule is COC1=C(OS(=O)(=O)c2ccc(C)cc2)C=C2CCC(CC(N)=O)C3=CC(O)C(=O)C=CC3=C2C1OC.